The van der Waals surface area contributed by atoms with Crippen LogP contribution in [-0.4, -0.2) is 43.0 Å². The zero-order chi connectivity index (χ0) is 16.9. The fourth-order valence-electron chi connectivity index (χ4n) is 3.67. The van der Waals surface area contributed by atoms with Gasteiger partial charge in [-0.25, -0.2) is 0 Å². The molecule has 128 valence electrons. The molecule has 5 nitrogen and oxygen atoms in total. The first kappa shape index (κ1) is 16.7. The first-order chi connectivity index (χ1) is 11.7. The molecule has 3 rings (SSSR count). The van der Waals surface area contributed by atoms with Crippen molar-refractivity contribution in [3.05, 3.63) is 41.5 Å². The Morgan fingerprint density at radius 2 is 2.08 bits per heavy atom. The lowest BCUT2D eigenvalue weighted by Crippen LogP contribution is -2.39. The summed E-state index contributed by atoms with van der Waals surface area (Å²) >= 11 is 0. The molecule has 0 radical (unpaired) electrons. The summed E-state index contributed by atoms with van der Waals surface area (Å²) in [6.07, 6.45) is 4.31. The van der Waals surface area contributed by atoms with Gasteiger partial charge in [-0.15, -0.1) is 0 Å². The van der Waals surface area contributed by atoms with Gasteiger partial charge in [-0.05, 0) is 37.0 Å². The number of carbonyl (C=O) groups excluding carboxylic acids is 2. The SMILES string of the molecule is COCCN1C(=O)C(CC(=O)Nc2ccccc2)=C2CCCCC21. The molecule has 5 heteroatoms. The van der Waals surface area contributed by atoms with Gasteiger partial charge in [0, 0.05) is 24.9 Å². The molecule has 1 aliphatic heterocycles. The van der Waals surface area contributed by atoms with Gasteiger partial charge < -0.3 is 15.0 Å². The summed E-state index contributed by atoms with van der Waals surface area (Å²) in [6, 6.07) is 9.52. The monoisotopic (exact) mass is 328 g/mol. The lowest BCUT2D eigenvalue weighted by atomic mass is 9.88. The van der Waals surface area contributed by atoms with Crippen molar-refractivity contribution in [3.8, 4) is 0 Å². The number of fused-ring (bicyclic) bond motifs is 1. The van der Waals surface area contributed by atoms with Crippen LogP contribution in [0.15, 0.2) is 41.5 Å². The number of nitrogens with zero attached hydrogens (tertiary/aromatic N) is 1. The molecule has 2 amide bonds. The Labute approximate surface area is 142 Å². The van der Waals surface area contributed by atoms with Crippen LogP contribution in [0.2, 0.25) is 0 Å². The zero-order valence-electron chi connectivity index (χ0n) is 14.1. The standard InChI is InChI=1S/C19H24N2O3/c1-24-12-11-21-17-10-6-5-9-15(17)16(19(21)23)13-18(22)20-14-7-3-2-4-8-14/h2-4,7-8,17H,5-6,9-13H2,1H3,(H,20,22). The highest BCUT2D eigenvalue weighted by atomic mass is 16.5. The summed E-state index contributed by atoms with van der Waals surface area (Å²) in [5.41, 5.74) is 2.63. The second kappa shape index (κ2) is 7.62. The minimum atomic E-state index is -0.130. The van der Waals surface area contributed by atoms with E-state index in [1.807, 2.05) is 35.2 Å². The molecule has 1 aromatic carbocycles. The predicted molar refractivity (Wildman–Crippen MR) is 92.6 cm³/mol. The number of nitrogens with one attached hydrogen (secondary N) is 1. The van der Waals surface area contributed by atoms with Gasteiger partial charge in [-0.2, -0.15) is 0 Å². The van der Waals surface area contributed by atoms with Crippen molar-refractivity contribution in [1.82, 2.24) is 4.90 Å². The van der Waals surface area contributed by atoms with E-state index in [-0.39, 0.29) is 24.3 Å². The van der Waals surface area contributed by atoms with Crippen molar-refractivity contribution in [3.63, 3.8) is 0 Å². The molecular weight excluding hydrogens is 304 g/mol. The van der Waals surface area contributed by atoms with Gasteiger partial charge in [0.15, 0.2) is 0 Å². The van der Waals surface area contributed by atoms with E-state index >= 15 is 0 Å². The van der Waals surface area contributed by atoms with Crippen LogP contribution >= 0.6 is 0 Å². The van der Waals surface area contributed by atoms with Crippen LogP contribution < -0.4 is 5.32 Å². The summed E-state index contributed by atoms with van der Waals surface area (Å²) in [6.45, 7) is 1.12. The molecule has 24 heavy (non-hydrogen) atoms. The highest BCUT2D eigenvalue weighted by Crippen LogP contribution is 2.37. The number of amides is 2. The fourth-order valence-corrected chi connectivity index (χ4v) is 3.67. The fraction of sp³-hybridized carbons (Fsp3) is 0.474. The van der Waals surface area contributed by atoms with Gasteiger partial charge in [-0.1, -0.05) is 24.6 Å². The molecule has 1 fully saturated rings. The zero-order valence-corrected chi connectivity index (χ0v) is 14.1. The van der Waals surface area contributed by atoms with Crippen molar-refractivity contribution >= 4 is 17.5 Å². The van der Waals surface area contributed by atoms with E-state index in [1.54, 1.807) is 7.11 Å². The van der Waals surface area contributed by atoms with Gasteiger partial charge in [0.25, 0.3) is 5.91 Å². The largest absolute Gasteiger partial charge is 0.383 e. The van der Waals surface area contributed by atoms with Crippen LogP contribution in [0.25, 0.3) is 0 Å². The van der Waals surface area contributed by atoms with E-state index in [2.05, 4.69) is 5.32 Å². The topological polar surface area (TPSA) is 58.6 Å². The summed E-state index contributed by atoms with van der Waals surface area (Å²) in [4.78, 5) is 27.1. The van der Waals surface area contributed by atoms with Crippen molar-refractivity contribution in [2.45, 2.75) is 38.1 Å². The van der Waals surface area contributed by atoms with Crippen molar-refractivity contribution in [2.24, 2.45) is 0 Å². The van der Waals surface area contributed by atoms with E-state index in [1.165, 1.54) is 5.57 Å². The third-order valence-electron chi connectivity index (χ3n) is 4.79. The van der Waals surface area contributed by atoms with Gasteiger partial charge in [-0.3, -0.25) is 9.59 Å². The van der Waals surface area contributed by atoms with Crippen molar-refractivity contribution < 1.29 is 14.3 Å². The molecule has 0 saturated heterocycles. The highest BCUT2D eigenvalue weighted by molar-refractivity contribution is 6.04. The summed E-state index contributed by atoms with van der Waals surface area (Å²) in [5.74, 6) is -0.118. The van der Waals surface area contributed by atoms with Gasteiger partial charge in [0.2, 0.25) is 5.91 Å². The Morgan fingerprint density at radius 1 is 1.29 bits per heavy atom. The highest BCUT2D eigenvalue weighted by Gasteiger charge is 2.39. The van der Waals surface area contributed by atoms with Gasteiger partial charge in [0.1, 0.15) is 0 Å². The predicted octanol–water partition coefficient (Wildman–Crippen LogP) is 2.74. The van der Waals surface area contributed by atoms with E-state index in [0.29, 0.717) is 18.7 Å². The van der Waals surface area contributed by atoms with Crippen LogP contribution in [0, 0.1) is 0 Å². The molecule has 1 atom stereocenters. The maximum Gasteiger partial charge on any atom is 0.250 e. The molecule has 0 bridgehead atoms. The summed E-state index contributed by atoms with van der Waals surface area (Å²) < 4.78 is 5.14. The molecule has 1 saturated carbocycles. The molecule has 1 aliphatic carbocycles. The molecule has 0 spiro atoms. The Kier molecular flexibility index (Phi) is 5.30. The molecule has 1 heterocycles. The second-order valence-electron chi connectivity index (χ2n) is 6.35. The van der Waals surface area contributed by atoms with E-state index in [9.17, 15) is 9.59 Å². The summed E-state index contributed by atoms with van der Waals surface area (Å²) in [7, 11) is 1.64. The maximum absolute atomic E-state index is 12.8. The number of carbonyl (C=O) groups is 2. The lowest BCUT2D eigenvalue weighted by Gasteiger charge is -2.29. The first-order valence-electron chi connectivity index (χ1n) is 8.57. The summed E-state index contributed by atoms with van der Waals surface area (Å²) in [5, 5.41) is 2.87. The smallest absolute Gasteiger partial charge is 0.250 e. The number of methoxy groups -OCH3 is 1. The number of rotatable bonds is 6. The Bertz CT molecular complexity index is 639. The van der Waals surface area contributed by atoms with E-state index < -0.39 is 0 Å². The molecule has 1 aromatic rings. The number of benzene rings is 1. The number of para-hydroxylation sites is 1. The Hall–Kier alpha value is -2.14. The number of hydrogen-bond donors (Lipinski definition) is 1. The number of hydrogen-bond acceptors (Lipinski definition) is 3. The third-order valence-corrected chi connectivity index (χ3v) is 4.79. The minimum Gasteiger partial charge on any atom is -0.383 e. The van der Waals surface area contributed by atoms with Gasteiger partial charge >= 0.3 is 0 Å². The molecule has 2 aliphatic rings. The average Bonchev–Trinajstić information content (AvgIpc) is 2.86. The number of ether oxygens (including phenoxy) is 1. The Balaban J connectivity index is 1.72. The van der Waals surface area contributed by atoms with Crippen LogP contribution in [-0.2, 0) is 14.3 Å². The first-order valence-corrected chi connectivity index (χ1v) is 8.57. The third kappa shape index (κ3) is 3.51. The van der Waals surface area contributed by atoms with Crippen LogP contribution in [0.1, 0.15) is 32.1 Å². The van der Waals surface area contributed by atoms with Crippen molar-refractivity contribution in [2.75, 3.05) is 25.6 Å². The second-order valence-corrected chi connectivity index (χ2v) is 6.35. The number of anilines is 1. The minimum absolute atomic E-state index is 0.0113. The molecule has 1 N–H and O–H groups in total. The van der Waals surface area contributed by atoms with Crippen LogP contribution in [0.3, 0.4) is 0 Å². The molecule has 1 unspecified atom stereocenters. The maximum atomic E-state index is 12.8. The van der Waals surface area contributed by atoms with Crippen LogP contribution in [0.4, 0.5) is 5.69 Å². The molecular formula is C19H24N2O3. The van der Waals surface area contributed by atoms with Crippen LogP contribution in [0.5, 0.6) is 0 Å². The molecule has 0 aromatic heterocycles. The van der Waals surface area contributed by atoms with E-state index in [0.717, 1.165) is 31.4 Å². The Morgan fingerprint density at radius 3 is 2.83 bits per heavy atom. The lowest BCUT2D eigenvalue weighted by molar-refractivity contribution is -0.129. The quantitative estimate of drug-likeness (QED) is 0.873. The van der Waals surface area contributed by atoms with Gasteiger partial charge in [0.05, 0.1) is 19.1 Å². The average molecular weight is 328 g/mol. The van der Waals surface area contributed by atoms with Crippen molar-refractivity contribution in [1.29, 1.82) is 0 Å². The van der Waals surface area contributed by atoms with E-state index in [4.69, 9.17) is 4.74 Å². The normalized spacial score (nSPS) is 20.3.